The van der Waals surface area contributed by atoms with Crippen molar-refractivity contribution in [2.45, 2.75) is 71.9 Å². The second-order valence-corrected chi connectivity index (χ2v) is 10.3. The van der Waals surface area contributed by atoms with Gasteiger partial charge in [-0.15, -0.1) is 0 Å². The Bertz CT molecular complexity index is 1280. The fraction of sp³-hybridized carbons (Fsp3) is 0.536. The Morgan fingerprint density at radius 1 is 1.24 bits per heavy atom. The number of hydrogen-bond donors (Lipinski definition) is 2. The van der Waals surface area contributed by atoms with Gasteiger partial charge >= 0.3 is 5.97 Å². The van der Waals surface area contributed by atoms with E-state index in [1.165, 1.54) is 0 Å². The van der Waals surface area contributed by atoms with Gasteiger partial charge in [0.25, 0.3) is 5.56 Å². The number of ether oxygens (including phenoxy) is 2. The van der Waals surface area contributed by atoms with Crippen LogP contribution in [0.1, 0.15) is 44.7 Å². The number of carbonyl (C=O) groups is 1. The summed E-state index contributed by atoms with van der Waals surface area (Å²) in [6.07, 6.45) is 2.69. The van der Waals surface area contributed by atoms with Crippen LogP contribution >= 0.6 is 0 Å². The van der Waals surface area contributed by atoms with Gasteiger partial charge in [0.2, 0.25) is 0 Å². The molecule has 0 bridgehead atoms. The largest absolute Gasteiger partial charge is 0.462 e. The minimum Gasteiger partial charge on any atom is -0.462 e. The summed E-state index contributed by atoms with van der Waals surface area (Å²) in [4.78, 5) is 29.7. The minimum absolute atomic E-state index is 0.0205. The summed E-state index contributed by atoms with van der Waals surface area (Å²) >= 11 is 0. The van der Waals surface area contributed by atoms with Gasteiger partial charge in [-0.25, -0.2) is 4.98 Å². The summed E-state index contributed by atoms with van der Waals surface area (Å²) in [6.45, 7) is 9.69. The van der Waals surface area contributed by atoms with Crippen LogP contribution in [-0.4, -0.2) is 56.7 Å². The number of aliphatic hydroxyl groups is 1. The van der Waals surface area contributed by atoms with E-state index in [9.17, 15) is 14.7 Å². The molecule has 37 heavy (non-hydrogen) atoms. The van der Waals surface area contributed by atoms with Crippen LogP contribution < -0.4 is 10.9 Å². The third-order valence-electron chi connectivity index (χ3n) is 6.83. The first kappa shape index (κ1) is 27.0. The molecule has 1 saturated heterocycles. The van der Waals surface area contributed by atoms with Gasteiger partial charge in [0.1, 0.15) is 11.9 Å². The summed E-state index contributed by atoms with van der Waals surface area (Å²) in [6, 6.07) is 7.16. The summed E-state index contributed by atoms with van der Waals surface area (Å²) in [5.74, 6) is 0.838. The Morgan fingerprint density at radius 2 is 1.97 bits per heavy atom. The maximum atomic E-state index is 12.4. The van der Waals surface area contributed by atoms with Crippen molar-refractivity contribution in [2.24, 2.45) is 13.0 Å². The van der Waals surface area contributed by atoms with Crippen molar-refractivity contribution in [2.75, 3.05) is 13.2 Å². The van der Waals surface area contributed by atoms with E-state index in [0.29, 0.717) is 18.0 Å². The minimum atomic E-state index is -0.895. The normalized spacial score (nSPS) is 16.3. The van der Waals surface area contributed by atoms with E-state index in [1.807, 2.05) is 31.3 Å². The number of hydrogen-bond acceptors (Lipinski definition) is 7. The molecule has 2 N–H and O–H groups in total. The Labute approximate surface area is 217 Å². The smallest absolute Gasteiger partial charge is 0.326 e. The maximum Gasteiger partial charge on any atom is 0.326 e. The van der Waals surface area contributed by atoms with Crippen LogP contribution in [0.25, 0.3) is 22.4 Å². The zero-order chi connectivity index (χ0) is 26.7. The van der Waals surface area contributed by atoms with Gasteiger partial charge in [0.15, 0.2) is 0 Å². The number of aryl methyl sites for hydroxylation is 2. The van der Waals surface area contributed by atoms with Crippen molar-refractivity contribution in [3.8, 4) is 11.4 Å². The average molecular weight is 511 g/mol. The van der Waals surface area contributed by atoms with Crippen LogP contribution in [-0.2, 0) is 34.4 Å². The highest BCUT2D eigenvalue weighted by atomic mass is 16.5. The van der Waals surface area contributed by atoms with Gasteiger partial charge in [-0.3, -0.25) is 14.9 Å². The first-order valence-electron chi connectivity index (χ1n) is 13.0. The Balaban J connectivity index is 1.67. The highest BCUT2D eigenvalue weighted by Gasteiger charge is 2.26. The quantitative estimate of drug-likeness (QED) is 0.426. The number of pyridine rings is 1. The number of esters is 1. The van der Waals surface area contributed by atoms with Gasteiger partial charge in [0.05, 0.1) is 23.2 Å². The van der Waals surface area contributed by atoms with Gasteiger partial charge in [-0.1, -0.05) is 6.07 Å². The van der Waals surface area contributed by atoms with E-state index in [-0.39, 0.29) is 11.7 Å². The molecule has 0 unspecified atom stereocenters. The molecule has 1 aromatic carbocycles. The molecule has 9 heteroatoms. The summed E-state index contributed by atoms with van der Waals surface area (Å²) in [5.41, 5.74) is 4.34. The molecule has 1 fully saturated rings. The predicted molar refractivity (Wildman–Crippen MR) is 142 cm³/mol. The number of carbonyl (C=O) groups excluding carboxylic acids is 1. The summed E-state index contributed by atoms with van der Waals surface area (Å²) in [5, 5.41) is 13.3. The molecule has 0 saturated carbocycles. The second-order valence-electron chi connectivity index (χ2n) is 10.3. The molecule has 0 amide bonds. The van der Waals surface area contributed by atoms with Gasteiger partial charge < -0.3 is 23.7 Å². The molecule has 0 aliphatic carbocycles. The van der Waals surface area contributed by atoms with Crippen LogP contribution in [0.3, 0.4) is 0 Å². The van der Waals surface area contributed by atoms with E-state index in [2.05, 4.69) is 16.0 Å². The van der Waals surface area contributed by atoms with Crippen LogP contribution in [0, 0.1) is 12.8 Å². The number of nitrogens with zero attached hydrogens (tertiary/aromatic N) is 3. The maximum absolute atomic E-state index is 12.4. The Kier molecular flexibility index (Phi) is 8.46. The lowest BCUT2D eigenvalue weighted by molar-refractivity contribution is -0.152. The number of nitrogens with one attached hydrogen (secondary N) is 1. The zero-order valence-corrected chi connectivity index (χ0v) is 22.4. The molecule has 1 aliphatic heterocycles. The number of aromatic nitrogens is 3. The Hall–Kier alpha value is -3.01. The third-order valence-corrected chi connectivity index (χ3v) is 6.83. The van der Waals surface area contributed by atoms with Crippen LogP contribution in [0.2, 0.25) is 0 Å². The summed E-state index contributed by atoms with van der Waals surface area (Å²) < 4.78 is 14.7. The third kappa shape index (κ3) is 6.29. The lowest BCUT2D eigenvalue weighted by atomic mass is 10.00. The van der Waals surface area contributed by atoms with E-state index in [0.717, 1.165) is 60.6 Å². The first-order chi connectivity index (χ1) is 17.6. The number of fused-ring (bicyclic) bond motifs is 1. The van der Waals surface area contributed by atoms with Crippen molar-refractivity contribution < 1.29 is 19.4 Å². The standard InChI is InChI=1S/C28H38N4O5/c1-17(2)37-28(35)25(19(4)33)29-14-21-6-7-24-23(13-21)30-26(22-12-18(3)27(34)31(5)16-22)32(24)15-20-8-10-36-11-9-20/h6-7,12-13,16-17,19-20,25,29,33H,8-11,14-15H2,1-5H3/t19-,25+/m0/s1. The molecule has 200 valence electrons. The highest BCUT2D eigenvalue weighted by molar-refractivity contribution is 5.81. The number of imidazole rings is 1. The first-order valence-corrected chi connectivity index (χ1v) is 13.0. The topological polar surface area (TPSA) is 108 Å². The molecule has 0 spiro atoms. The average Bonchev–Trinajstić information content (AvgIpc) is 3.19. The van der Waals surface area contributed by atoms with E-state index >= 15 is 0 Å². The van der Waals surface area contributed by atoms with Crippen LogP contribution in [0.4, 0.5) is 0 Å². The van der Waals surface area contributed by atoms with Crippen molar-refractivity contribution in [3.05, 3.63) is 51.9 Å². The van der Waals surface area contributed by atoms with Gasteiger partial charge in [0, 0.05) is 50.7 Å². The van der Waals surface area contributed by atoms with Crippen molar-refractivity contribution in [3.63, 3.8) is 0 Å². The lowest BCUT2D eigenvalue weighted by Crippen LogP contribution is -2.46. The van der Waals surface area contributed by atoms with Crippen molar-refractivity contribution >= 4 is 17.0 Å². The second kappa shape index (κ2) is 11.6. The van der Waals surface area contributed by atoms with Gasteiger partial charge in [-0.2, -0.15) is 0 Å². The Morgan fingerprint density at radius 3 is 2.62 bits per heavy atom. The molecule has 2 aromatic heterocycles. The van der Waals surface area contributed by atoms with Crippen LogP contribution in [0.5, 0.6) is 0 Å². The molecule has 1 aliphatic rings. The molecule has 2 atom stereocenters. The monoisotopic (exact) mass is 510 g/mol. The SMILES string of the molecule is Cc1cc(-c2nc3cc(CN[C@@H](C(=O)OC(C)C)[C@H](C)O)ccc3n2CC2CCOCC2)cn(C)c1=O. The fourth-order valence-corrected chi connectivity index (χ4v) is 4.86. The van der Waals surface area contributed by atoms with E-state index in [1.54, 1.807) is 32.4 Å². The van der Waals surface area contributed by atoms with Crippen molar-refractivity contribution in [1.29, 1.82) is 0 Å². The molecule has 4 rings (SSSR count). The number of benzene rings is 1. The van der Waals surface area contributed by atoms with Crippen molar-refractivity contribution in [1.82, 2.24) is 19.4 Å². The van der Waals surface area contributed by atoms with E-state index < -0.39 is 18.1 Å². The van der Waals surface area contributed by atoms with Gasteiger partial charge in [-0.05, 0) is 70.2 Å². The molecular weight excluding hydrogens is 472 g/mol. The highest BCUT2D eigenvalue weighted by Crippen LogP contribution is 2.29. The number of rotatable bonds is 9. The predicted octanol–water partition coefficient (Wildman–Crippen LogP) is 2.93. The zero-order valence-electron chi connectivity index (χ0n) is 22.4. The summed E-state index contributed by atoms with van der Waals surface area (Å²) in [7, 11) is 1.76. The lowest BCUT2D eigenvalue weighted by Gasteiger charge is -2.23. The van der Waals surface area contributed by atoms with Crippen LogP contribution in [0.15, 0.2) is 35.3 Å². The molecule has 3 aromatic rings. The molecule has 9 nitrogen and oxygen atoms in total. The molecule has 0 radical (unpaired) electrons. The molecular formula is C28H38N4O5. The fourth-order valence-electron chi connectivity index (χ4n) is 4.86. The van der Waals surface area contributed by atoms with E-state index in [4.69, 9.17) is 14.5 Å². The number of aliphatic hydroxyl groups excluding tert-OH is 1. The molecule has 3 heterocycles.